The minimum atomic E-state index is -2.09. The number of hydrogen-bond donors (Lipinski definition) is 0. The largest absolute Gasteiger partial charge is 0.238 e. The fourth-order valence-corrected chi connectivity index (χ4v) is 0.760. The van der Waals surface area contributed by atoms with E-state index < -0.39 is 6.43 Å². The van der Waals surface area contributed by atoms with Gasteiger partial charge in [-0.25, -0.2) is 8.78 Å². The normalized spacial score (nSPS) is 10.3. The molecule has 0 aliphatic carbocycles. The van der Waals surface area contributed by atoms with Crippen molar-refractivity contribution in [2.75, 3.05) is 0 Å². The number of alkyl halides is 2. The molecule has 2 radical (unpaired) electrons. The number of hydrogen-bond acceptors (Lipinski definition) is 0. The van der Waals surface area contributed by atoms with Crippen molar-refractivity contribution in [3.8, 4) is 0 Å². The summed E-state index contributed by atoms with van der Waals surface area (Å²) in [7, 11) is 0.671. The van der Waals surface area contributed by atoms with Crippen molar-refractivity contribution in [1.29, 1.82) is 0 Å². The Labute approximate surface area is 44.7 Å². The van der Waals surface area contributed by atoms with Gasteiger partial charge in [0, 0.05) is 15.9 Å². The molecule has 0 atom stereocenters. The van der Waals surface area contributed by atoms with Gasteiger partial charge in [-0.2, -0.15) is 0 Å². The van der Waals surface area contributed by atoms with Gasteiger partial charge < -0.3 is 0 Å². The average Bonchev–Trinajstić information content (AvgIpc) is 1.61. The van der Waals surface area contributed by atoms with Crippen LogP contribution in [0.25, 0.3) is 0 Å². The molecule has 3 heteroatoms. The second kappa shape index (κ2) is 4.24. The monoisotopic (exact) mass is 122 g/mol. The zero-order valence-electron chi connectivity index (χ0n) is 4.25. The Morgan fingerprint density at radius 2 is 2.14 bits per heavy atom. The topological polar surface area (TPSA) is 0 Å². The molecule has 0 bridgehead atoms. The maximum absolute atomic E-state index is 11.2. The number of rotatable bonds is 3. The Kier molecular flexibility index (Phi) is 4.29. The van der Waals surface area contributed by atoms with E-state index in [1.165, 1.54) is 0 Å². The molecule has 0 aromatic carbocycles. The summed E-state index contributed by atoms with van der Waals surface area (Å²) >= 11 is 0. The average molecular weight is 122 g/mol. The van der Waals surface area contributed by atoms with Gasteiger partial charge in [0.1, 0.15) is 0 Å². The summed E-state index contributed by atoms with van der Waals surface area (Å²) in [5.74, 6) is 0. The Bertz CT molecular complexity index is 38.7. The Hall–Kier alpha value is 0.0769. The molecule has 0 fully saturated rings. The molecule has 0 aromatic heterocycles. The maximum Gasteiger partial charge on any atom is 0.238 e. The van der Waals surface area contributed by atoms with E-state index in [1.807, 2.05) is 6.55 Å². The van der Waals surface area contributed by atoms with E-state index in [0.29, 0.717) is 15.6 Å². The molecular weight excluding hydrogens is 114 g/mol. The van der Waals surface area contributed by atoms with Crippen molar-refractivity contribution >= 4 is 9.52 Å². The summed E-state index contributed by atoms with van der Waals surface area (Å²) in [6.07, 6.45) is -2.01. The van der Waals surface area contributed by atoms with Crippen LogP contribution in [0.5, 0.6) is 0 Å². The summed E-state index contributed by atoms with van der Waals surface area (Å²) < 4.78 is 22.5. The van der Waals surface area contributed by atoms with Crippen LogP contribution >= 0.6 is 0 Å². The van der Waals surface area contributed by atoms with E-state index >= 15 is 0 Å². The van der Waals surface area contributed by atoms with Crippen LogP contribution in [0.3, 0.4) is 0 Å². The van der Waals surface area contributed by atoms with Crippen molar-refractivity contribution in [2.24, 2.45) is 0 Å². The molecule has 0 N–H and O–H groups in total. The highest BCUT2D eigenvalue weighted by Crippen LogP contribution is 2.01. The lowest BCUT2D eigenvalue weighted by Gasteiger charge is -1.91. The quantitative estimate of drug-likeness (QED) is 0.501. The molecule has 0 amide bonds. The molecule has 0 rings (SSSR count). The van der Waals surface area contributed by atoms with Gasteiger partial charge in [0.05, 0.1) is 0 Å². The summed E-state index contributed by atoms with van der Waals surface area (Å²) in [5, 5.41) is 0. The zero-order chi connectivity index (χ0) is 5.70. The van der Waals surface area contributed by atoms with E-state index in [2.05, 4.69) is 0 Å². The molecule has 0 saturated heterocycles. The van der Waals surface area contributed by atoms with Crippen LogP contribution in [0.15, 0.2) is 0 Å². The lowest BCUT2D eigenvalue weighted by atomic mass is 10.5. The lowest BCUT2D eigenvalue weighted by molar-refractivity contribution is 0.144. The van der Waals surface area contributed by atoms with Gasteiger partial charge in [-0.1, -0.05) is 12.6 Å². The molecule has 7 heavy (non-hydrogen) atoms. The summed E-state index contributed by atoms with van der Waals surface area (Å²) in [4.78, 5) is 0. The first kappa shape index (κ1) is 7.08. The van der Waals surface area contributed by atoms with Crippen LogP contribution in [0, 0.1) is 0 Å². The van der Waals surface area contributed by atoms with Crippen molar-refractivity contribution in [3.05, 3.63) is 0 Å². The van der Waals surface area contributed by atoms with Crippen LogP contribution in [-0.4, -0.2) is 15.9 Å². The van der Waals surface area contributed by atoms with Crippen LogP contribution < -0.4 is 0 Å². The van der Waals surface area contributed by atoms with E-state index in [0.717, 1.165) is 0 Å². The highest BCUT2D eigenvalue weighted by atomic mass is 28.2. The first-order valence-electron chi connectivity index (χ1n) is 2.20. The maximum atomic E-state index is 11.2. The second-order valence-corrected chi connectivity index (χ2v) is 2.49. The van der Waals surface area contributed by atoms with E-state index in [9.17, 15) is 8.78 Å². The second-order valence-electron chi connectivity index (χ2n) is 1.28. The Morgan fingerprint density at radius 3 is 2.29 bits per heavy atom. The highest BCUT2D eigenvalue weighted by Gasteiger charge is 1.98. The van der Waals surface area contributed by atoms with Gasteiger partial charge in [-0.15, -0.1) is 0 Å². The molecular formula is C4H8F2Si. The van der Waals surface area contributed by atoms with Crippen LogP contribution in [-0.2, 0) is 0 Å². The zero-order valence-corrected chi connectivity index (χ0v) is 5.25. The third-order valence-electron chi connectivity index (χ3n) is 0.613. The molecule has 42 valence electrons. The predicted molar refractivity (Wildman–Crippen MR) is 27.0 cm³/mol. The third kappa shape index (κ3) is 6.08. The Balaban J connectivity index is 2.68. The predicted octanol–water partition coefficient (Wildman–Crippen LogP) is 1.81. The fourth-order valence-electron chi connectivity index (χ4n) is 0.253. The van der Waals surface area contributed by atoms with E-state index in [-0.39, 0.29) is 6.42 Å². The standard InChI is InChI=1S/C4H8F2Si/c1-7-3-2-4(5)6/h4H,2-3H2,1H3. The molecule has 0 unspecified atom stereocenters. The molecule has 0 aliphatic rings. The molecule has 0 heterocycles. The van der Waals surface area contributed by atoms with Gasteiger partial charge in [0.25, 0.3) is 0 Å². The van der Waals surface area contributed by atoms with Gasteiger partial charge in [-0.05, 0) is 0 Å². The summed E-state index contributed by atoms with van der Waals surface area (Å²) in [6, 6.07) is 0.678. The SMILES string of the molecule is C[Si]CCC(F)F. The van der Waals surface area contributed by atoms with Gasteiger partial charge in [0.15, 0.2) is 0 Å². The van der Waals surface area contributed by atoms with Crippen LogP contribution in [0.4, 0.5) is 8.78 Å². The molecule has 0 spiro atoms. The van der Waals surface area contributed by atoms with Gasteiger partial charge >= 0.3 is 0 Å². The van der Waals surface area contributed by atoms with Crippen molar-refractivity contribution in [1.82, 2.24) is 0 Å². The number of halogens is 2. The molecule has 0 aliphatic heterocycles. The highest BCUT2D eigenvalue weighted by molar-refractivity contribution is 6.33. The van der Waals surface area contributed by atoms with Crippen LogP contribution in [0.2, 0.25) is 12.6 Å². The van der Waals surface area contributed by atoms with Crippen LogP contribution in [0.1, 0.15) is 6.42 Å². The minimum absolute atomic E-state index is 0.0783. The first-order chi connectivity index (χ1) is 3.27. The van der Waals surface area contributed by atoms with Crippen molar-refractivity contribution in [3.63, 3.8) is 0 Å². The smallest absolute Gasteiger partial charge is 0.211 e. The minimum Gasteiger partial charge on any atom is -0.211 e. The summed E-state index contributed by atoms with van der Waals surface area (Å²) in [5.41, 5.74) is 0. The third-order valence-corrected chi connectivity index (χ3v) is 1.40. The van der Waals surface area contributed by atoms with E-state index in [1.54, 1.807) is 0 Å². The summed E-state index contributed by atoms with van der Waals surface area (Å²) in [6.45, 7) is 1.93. The van der Waals surface area contributed by atoms with E-state index in [4.69, 9.17) is 0 Å². The van der Waals surface area contributed by atoms with Crippen molar-refractivity contribution in [2.45, 2.75) is 25.4 Å². The fraction of sp³-hybridized carbons (Fsp3) is 1.00. The molecule has 0 saturated carbocycles. The first-order valence-corrected chi connectivity index (χ1v) is 3.91. The Morgan fingerprint density at radius 1 is 1.57 bits per heavy atom. The van der Waals surface area contributed by atoms with Crippen molar-refractivity contribution < 1.29 is 8.78 Å². The molecule has 0 aromatic rings. The van der Waals surface area contributed by atoms with Gasteiger partial charge in [0.2, 0.25) is 6.43 Å². The van der Waals surface area contributed by atoms with Gasteiger partial charge in [-0.3, -0.25) is 0 Å². The molecule has 0 nitrogen and oxygen atoms in total. The lowest BCUT2D eigenvalue weighted by Crippen LogP contribution is -1.90.